The zero-order valence-corrected chi connectivity index (χ0v) is 14.9. The molecular formula is C18H34N2O3. The van der Waals surface area contributed by atoms with Crippen LogP contribution < -0.4 is 5.32 Å². The Morgan fingerprint density at radius 1 is 1.22 bits per heavy atom. The fourth-order valence-corrected chi connectivity index (χ4v) is 3.84. The molecule has 1 heterocycles. The van der Waals surface area contributed by atoms with Gasteiger partial charge < -0.3 is 15.2 Å². The number of rotatable bonds is 8. The smallest absolute Gasteiger partial charge is 0.234 e. The van der Waals surface area contributed by atoms with E-state index in [2.05, 4.69) is 10.2 Å². The minimum absolute atomic E-state index is 0.0545. The van der Waals surface area contributed by atoms with E-state index >= 15 is 0 Å². The maximum atomic E-state index is 12.1. The quantitative estimate of drug-likeness (QED) is 0.671. The van der Waals surface area contributed by atoms with Gasteiger partial charge in [-0.2, -0.15) is 0 Å². The van der Waals surface area contributed by atoms with Crippen LogP contribution in [0.25, 0.3) is 0 Å². The van der Waals surface area contributed by atoms with Crippen LogP contribution in [-0.4, -0.2) is 59.9 Å². The molecule has 1 atom stereocenters. The molecule has 0 bridgehead atoms. The van der Waals surface area contributed by atoms with Gasteiger partial charge in [-0.25, -0.2) is 0 Å². The van der Waals surface area contributed by atoms with Crippen LogP contribution in [0.4, 0.5) is 0 Å². The molecule has 2 rings (SSSR count). The second kappa shape index (κ2) is 9.00. The molecule has 1 amide bonds. The number of aliphatic hydroxyl groups is 1. The number of nitrogens with one attached hydrogen (secondary N) is 1. The van der Waals surface area contributed by atoms with E-state index in [0.717, 1.165) is 32.4 Å². The standard InChI is InChI=1S/C18H34N2O3/c1-18(2,22)16-10-6-12-20(16)14-17(21)19-11-7-13-23-15-8-4-3-5-9-15/h15-16,22H,3-14H2,1-2H3,(H,19,21). The van der Waals surface area contributed by atoms with E-state index in [9.17, 15) is 9.90 Å². The maximum Gasteiger partial charge on any atom is 0.234 e. The minimum Gasteiger partial charge on any atom is -0.389 e. The minimum atomic E-state index is -0.745. The van der Waals surface area contributed by atoms with Crippen LogP contribution >= 0.6 is 0 Å². The molecule has 2 fully saturated rings. The summed E-state index contributed by atoms with van der Waals surface area (Å²) < 4.78 is 5.87. The molecule has 23 heavy (non-hydrogen) atoms. The van der Waals surface area contributed by atoms with Gasteiger partial charge in [0, 0.05) is 19.2 Å². The Hall–Kier alpha value is -0.650. The number of hydrogen-bond acceptors (Lipinski definition) is 4. The molecule has 5 heteroatoms. The first kappa shape index (κ1) is 18.7. The highest BCUT2D eigenvalue weighted by Crippen LogP contribution is 2.26. The SMILES string of the molecule is CC(C)(O)C1CCCN1CC(=O)NCCCOC1CCCCC1. The van der Waals surface area contributed by atoms with Crippen LogP contribution in [0.3, 0.4) is 0 Å². The highest BCUT2D eigenvalue weighted by molar-refractivity contribution is 5.78. The van der Waals surface area contributed by atoms with E-state index < -0.39 is 5.60 Å². The molecule has 0 spiro atoms. The largest absolute Gasteiger partial charge is 0.389 e. The number of amides is 1. The predicted octanol–water partition coefficient (Wildman–Crippen LogP) is 2.08. The van der Waals surface area contributed by atoms with Gasteiger partial charge in [-0.05, 0) is 52.5 Å². The Morgan fingerprint density at radius 2 is 1.96 bits per heavy atom. The molecule has 5 nitrogen and oxygen atoms in total. The van der Waals surface area contributed by atoms with Gasteiger partial charge >= 0.3 is 0 Å². The molecule has 0 aromatic heterocycles. The van der Waals surface area contributed by atoms with E-state index in [1.165, 1.54) is 32.1 Å². The van der Waals surface area contributed by atoms with Crippen molar-refractivity contribution in [2.75, 3.05) is 26.2 Å². The zero-order valence-electron chi connectivity index (χ0n) is 14.9. The molecule has 0 aromatic carbocycles. The average Bonchev–Trinajstić information content (AvgIpc) is 2.96. The van der Waals surface area contributed by atoms with Crippen molar-refractivity contribution < 1.29 is 14.6 Å². The number of likely N-dealkylation sites (tertiary alicyclic amines) is 1. The highest BCUT2D eigenvalue weighted by Gasteiger charge is 2.36. The summed E-state index contributed by atoms with van der Waals surface area (Å²) in [6.07, 6.45) is 9.65. The zero-order chi connectivity index (χ0) is 16.7. The third-order valence-electron chi connectivity index (χ3n) is 5.07. The lowest BCUT2D eigenvalue weighted by Gasteiger charge is -2.33. The first-order chi connectivity index (χ1) is 11.0. The third kappa shape index (κ3) is 6.40. The van der Waals surface area contributed by atoms with Gasteiger partial charge in [0.15, 0.2) is 0 Å². The molecule has 0 aromatic rings. The van der Waals surface area contributed by atoms with Gasteiger partial charge in [0.05, 0.1) is 18.2 Å². The van der Waals surface area contributed by atoms with Crippen molar-refractivity contribution in [1.29, 1.82) is 0 Å². The number of carbonyl (C=O) groups excluding carboxylic acids is 1. The summed E-state index contributed by atoms with van der Waals surface area (Å²) in [5.41, 5.74) is -0.745. The van der Waals surface area contributed by atoms with E-state index in [1.54, 1.807) is 0 Å². The number of hydrogen-bond donors (Lipinski definition) is 2. The summed E-state index contributed by atoms with van der Waals surface area (Å²) in [6.45, 7) is 6.35. The van der Waals surface area contributed by atoms with E-state index in [-0.39, 0.29) is 11.9 Å². The molecule has 1 aliphatic carbocycles. The lowest BCUT2D eigenvalue weighted by Crippen LogP contribution is -2.49. The normalized spacial score (nSPS) is 24.0. The molecule has 0 radical (unpaired) electrons. The van der Waals surface area contributed by atoms with Gasteiger partial charge in [-0.3, -0.25) is 9.69 Å². The lowest BCUT2D eigenvalue weighted by atomic mass is 9.97. The van der Waals surface area contributed by atoms with E-state index in [4.69, 9.17) is 4.74 Å². The van der Waals surface area contributed by atoms with Crippen molar-refractivity contribution in [3.63, 3.8) is 0 Å². The van der Waals surface area contributed by atoms with Crippen molar-refractivity contribution >= 4 is 5.91 Å². The maximum absolute atomic E-state index is 12.1. The number of nitrogens with zero attached hydrogens (tertiary/aromatic N) is 1. The Balaban J connectivity index is 1.56. The van der Waals surface area contributed by atoms with Gasteiger partial charge in [0.1, 0.15) is 0 Å². The summed E-state index contributed by atoms with van der Waals surface area (Å²) in [5.74, 6) is 0.0545. The third-order valence-corrected chi connectivity index (χ3v) is 5.07. The molecule has 1 aliphatic heterocycles. The fraction of sp³-hybridized carbons (Fsp3) is 0.944. The molecule has 1 saturated heterocycles. The van der Waals surface area contributed by atoms with Gasteiger partial charge in [-0.1, -0.05) is 19.3 Å². The Bertz CT molecular complexity index is 362. The first-order valence-corrected chi connectivity index (χ1v) is 9.31. The Labute approximate surface area is 140 Å². The molecule has 1 unspecified atom stereocenters. The van der Waals surface area contributed by atoms with E-state index in [1.807, 2.05) is 13.8 Å². The monoisotopic (exact) mass is 326 g/mol. The number of ether oxygens (including phenoxy) is 1. The van der Waals surface area contributed by atoms with Crippen LogP contribution in [0.1, 0.15) is 65.2 Å². The first-order valence-electron chi connectivity index (χ1n) is 9.31. The van der Waals surface area contributed by atoms with Gasteiger partial charge in [0.25, 0.3) is 0 Å². The van der Waals surface area contributed by atoms with E-state index in [0.29, 0.717) is 19.2 Å². The average molecular weight is 326 g/mol. The highest BCUT2D eigenvalue weighted by atomic mass is 16.5. The fourth-order valence-electron chi connectivity index (χ4n) is 3.84. The van der Waals surface area contributed by atoms with Crippen LogP contribution in [0.5, 0.6) is 0 Å². The topological polar surface area (TPSA) is 61.8 Å². The second-order valence-electron chi connectivity index (χ2n) is 7.62. The van der Waals surface area contributed by atoms with Crippen LogP contribution in [0, 0.1) is 0 Å². The van der Waals surface area contributed by atoms with Crippen LogP contribution in [0.2, 0.25) is 0 Å². The summed E-state index contributed by atoms with van der Waals surface area (Å²) in [5, 5.41) is 13.2. The van der Waals surface area contributed by atoms with Crippen molar-refractivity contribution in [3.8, 4) is 0 Å². The summed E-state index contributed by atoms with van der Waals surface area (Å²) >= 11 is 0. The van der Waals surface area contributed by atoms with Gasteiger partial charge in [-0.15, -0.1) is 0 Å². The van der Waals surface area contributed by atoms with Gasteiger partial charge in [0.2, 0.25) is 5.91 Å². The Kier molecular flexibility index (Phi) is 7.31. The molecule has 134 valence electrons. The van der Waals surface area contributed by atoms with Crippen LogP contribution in [-0.2, 0) is 9.53 Å². The molecule has 2 aliphatic rings. The van der Waals surface area contributed by atoms with Crippen molar-refractivity contribution in [2.45, 2.75) is 83.0 Å². The molecule has 2 N–H and O–H groups in total. The Morgan fingerprint density at radius 3 is 2.65 bits per heavy atom. The summed E-state index contributed by atoms with van der Waals surface area (Å²) in [6, 6.07) is 0.0860. The molecule has 1 saturated carbocycles. The van der Waals surface area contributed by atoms with Crippen molar-refractivity contribution in [3.05, 3.63) is 0 Å². The number of carbonyl (C=O) groups is 1. The van der Waals surface area contributed by atoms with Crippen molar-refractivity contribution in [2.24, 2.45) is 0 Å². The summed E-state index contributed by atoms with van der Waals surface area (Å²) in [4.78, 5) is 14.2. The predicted molar refractivity (Wildman–Crippen MR) is 91.3 cm³/mol. The molecular weight excluding hydrogens is 292 g/mol. The second-order valence-corrected chi connectivity index (χ2v) is 7.62. The summed E-state index contributed by atoms with van der Waals surface area (Å²) in [7, 11) is 0. The lowest BCUT2D eigenvalue weighted by molar-refractivity contribution is -0.123. The van der Waals surface area contributed by atoms with Crippen molar-refractivity contribution in [1.82, 2.24) is 10.2 Å². The van der Waals surface area contributed by atoms with Crippen LogP contribution in [0.15, 0.2) is 0 Å².